The number of hydrogen-bond acceptors (Lipinski definition) is 2. The zero-order chi connectivity index (χ0) is 6.53. The van der Waals surface area contributed by atoms with Crippen LogP contribution in [0.5, 0.6) is 0 Å². The number of allylic oxidation sites excluding steroid dienone is 5. The Labute approximate surface area is 61.2 Å². The Hall–Kier alpha value is -1.49. The van der Waals surface area contributed by atoms with Crippen molar-refractivity contribution < 1.29 is 0 Å². The Kier molecular flexibility index (Phi) is 3.74. The highest BCUT2D eigenvalue weighted by atomic mass is 14.8. The fraction of sp³-hybridized carbons (Fsp3) is 0.125. The second kappa shape index (κ2) is 4.39. The second-order valence-corrected chi connectivity index (χ2v) is 1.58. The zero-order valence-electron chi connectivity index (χ0n) is 4.83. The summed E-state index contributed by atoms with van der Waals surface area (Å²) in [6.45, 7) is 0. The second-order valence-electron chi connectivity index (χ2n) is 1.58. The number of hydrogen-bond donors (Lipinski definition) is 1. The Morgan fingerprint density at radius 3 is 2.80 bits per heavy atom. The summed E-state index contributed by atoms with van der Waals surface area (Å²) in [7, 11) is 0. The van der Waals surface area contributed by atoms with E-state index in [-0.39, 0.29) is 7.43 Å². The molecule has 2 nitrogen and oxygen atoms in total. The van der Waals surface area contributed by atoms with Gasteiger partial charge in [0.1, 0.15) is 11.8 Å². The summed E-state index contributed by atoms with van der Waals surface area (Å²) in [6.07, 6.45) is 8.95. The molecule has 10 heavy (non-hydrogen) atoms. The molecule has 0 amide bonds. The lowest BCUT2D eigenvalue weighted by Crippen LogP contribution is -2.00. The Bertz CT molecular complexity index is 216. The van der Waals surface area contributed by atoms with E-state index in [0.29, 0.717) is 5.70 Å². The summed E-state index contributed by atoms with van der Waals surface area (Å²) < 4.78 is 0. The molecule has 1 aliphatic rings. The number of rotatable bonds is 0. The van der Waals surface area contributed by atoms with Crippen molar-refractivity contribution in [3.8, 4) is 6.07 Å². The van der Waals surface area contributed by atoms with Gasteiger partial charge in [-0.05, 0) is 12.2 Å². The fourth-order valence-corrected chi connectivity index (χ4v) is 0.527. The lowest BCUT2D eigenvalue weighted by Gasteiger charge is -1.89. The molecule has 0 fully saturated rings. The fourth-order valence-electron chi connectivity index (χ4n) is 0.527. The van der Waals surface area contributed by atoms with E-state index in [9.17, 15) is 0 Å². The predicted molar refractivity (Wildman–Crippen MR) is 41.8 cm³/mol. The summed E-state index contributed by atoms with van der Waals surface area (Å²) in [5.41, 5.74) is 0.569. The van der Waals surface area contributed by atoms with Gasteiger partial charge in [-0.25, -0.2) is 0 Å². The van der Waals surface area contributed by atoms with Crippen LogP contribution in [0.25, 0.3) is 0 Å². The predicted octanol–water partition coefficient (Wildman–Crippen LogP) is 1.70. The minimum atomic E-state index is 0. The third-order valence-corrected chi connectivity index (χ3v) is 0.941. The molecule has 2 heteroatoms. The van der Waals surface area contributed by atoms with Crippen LogP contribution in [0.2, 0.25) is 0 Å². The Balaban J connectivity index is 0.000000810. The third-order valence-electron chi connectivity index (χ3n) is 0.941. The molecule has 0 aromatic heterocycles. The van der Waals surface area contributed by atoms with Gasteiger partial charge < -0.3 is 5.32 Å². The monoisotopic (exact) mass is 134 g/mol. The van der Waals surface area contributed by atoms with Gasteiger partial charge in [0, 0.05) is 6.20 Å². The zero-order valence-corrected chi connectivity index (χ0v) is 4.83. The normalized spacial score (nSPS) is 13.7. The van der Waals surface area contributed by atoms with Gasteiger partial charge in [0.2, 0.25) is 0 Å². The third kappa shape index (κ3) is 2.19. The van der Waals surface area contributed by atoms with Crippen LogP contribution in [0.1, 0.15) is 7.43 Å². The van der Waals surface area contributed by atoms with Crippen molar-refractivity contribution in [3.05, 3.63) is 36.2 Å². The van der Waals surface area contributed by atoms with Crippen LogP contribution in [0.3, 0.4) is 0 Å². The topological polar surface area (TPSA) is 35.8 Å². The minimum Gasteiger partial charge on any atom is -0.353 e. The average Bonchev–Trinajstić information content (AvgIpc) is 2.13. The van der Waals surface area contributed by atoms with Crippen LogP contribution >= 0.6 is 0 Å². The Morgan fingerprint density at radius 2 is 2.10 bits per heavy atom. The van der Waals surface area contributed by atoms with Gasteiger partial charge in [-0.2, -0.15) is 5.26 Å². The molecule has 0 aromatic carbocycles. The van der Waals surface area contributed by atoms with Crippen molar-refractivity contribution in [2.45, 2.75) is 7.43 Å². The maximum absolute atomic E-state index is 8.37. The number of nitrogens with one attached hydrogen (secondary N) is 1. The van der Waals surface area contributed by atoms with E-state index in [2.05, 4.69) is 5.32 Å². The van der Waals surface area contributed by atoms with Crippen LogP contribution < -0.4 is 5.32 Å². The highest BCUT2D eigenvalue weighted by molar-refractivity contribution is 5.29. The Morgan fingerprint density at radius 1 is 1.30 bits per heavy atom. The average molecular weight is 134 g/mol. The molecular formula is C8H10N2. The molecule has 0 radical (unpaired) electrons. The van der Waals surface area contributed by atoms with Gasteiger partial charge in [0.15, 0.2) is 0 Å². The van der Waals surface area contributed by atoms with E-state index in [1.54, 1.807) is 12.3 Å². The van der Waals surface area contributed by atoms with Crippen LogP contribution in [0.15, 0.2) is 36.2 Å². The molecule has 1 heterocycles. The van der Waals surface area contributed by atoms with Gasteiger partial charge in [-0.1, -0.05) is 19.6 Å². The summed E-state index contributed by atoms with van der Waals surface area (Å²) in [5, 5.41) is 11.2. The van der Waals surface area contributed by atoms with Crippen molar-refractivity contribution >= 4 is 0 Å². The molecule has 0 spiro atoms. The molecule has 52 valence electrons. The highest BCUT2D eigenvalue weighted by Crippen LogP contribution is 1.91. The molecule has 0 unspecified atom stereocenters. The van der Waals surface area contributed by atoms with Gasteiger partial charge >= 0.3 is 0 Å². The minimum absolute atomic E-state index is 0. The molecule has 0 aromatic rings. The first-order valence-electron chi connectivity index (χ1n) is 2.63. The summed E-state index contributed by atoms with van der Waals surface area (Å²) in [6, 6.07) is 1.99. The maximum atomic E-state index is 8.37. The molecule has 1 rings (SSSR count). The molecule has 0 bridgehead atoms. The van der Waals surface area contributed by atoms with Crippen molar-refractivity contribution in [1.82, 2.24) is 5.32 Å². The number of nitrogens with zero attached hydrogens (tertiary/aromatic N) is 1. The first-order chi connectivity index (χ1) is 4.43. The van der Waals surface area contributed by atoms with E-state index in [0.717, 1.165) is 0 Å². The maximum Gasteiger partial charge on any atom is 0.117 e. The van der Waals surface area contributed by atoms with Gasteiger partial charge in [-0.3, -0.25) is 0 Å². The van der Waals surface area contributed by atoms with Crippen LogP contribution in [0, 0.1) is 11.3 Å². The smallest absolute Gasteiger partial charge is 0.117 e. The molecule has 1 N–H and O–H groups in total. The van der Waals surface area contributed by atoms with Gasteiger partial charge in [-0.15, -0.1) is 0 Å². The van der Waals surface area contributed by atoms with Crippen LogP contribution in [-0.2, 0) is 0 Å². The lowest BCUT2D eigenvalue weighted by molar-refractivity contribution is 1.12. The lowest BCUT2D eigenvalue weighted by atomic mass is 10.4. The molecule has 0 saturated carbocycles. The standard InChI is InChI=1S/C7H6N2.CH4/c8-6-7-4-2-1-3-5-9-7;/h1-5,9H;1H4. The van der Waals surface area contributed by atoms with Crippen molar-refractivity contribution in [2.75, 3.05) is 0 Å². The van der Waals surface area contributed by atoms with Crippen molar-refractivity contribution in [3.63, 3.8) is 0 Å². The molecule has 0 atom stereocenters. The first kappa shape index (κ1) is 8.51. The number of nitriles is 1. The van der Waals surface area contributed by atoms with Crippen LogP contribution in [-0.4, -0.2) is 0 Å². The molecular weight excluding hydrogens is 124 g/mol. The van der Waals surface area contributed by atoms with E-state index >= 15 is 0 Å². The van der Waals surface area contributed by atoms with E-state index in [1.165, 1.54) is 0 Å². The van der Waals surface area contributed by atoms with Crippen LogP contribution in [0.4, 0.5) is 0 Å². The quantitative estimate of drug-likeness (QED) is 0.547. The van der Waals surface area contributed by atoms with Crippen molar-refractivity contribution in [2.24, 2.45) is 0 Å². The van der Waals surface area contributed by atoms with Gasteiger partial charge in [0.05, 0.1) is 0 Å². The van der Waals surface area contributed by atoms with Crippen molar-refractivity contribution in [1.29, 1.82) is 5.26 Å². The summed E-state index contributed by atoms with van der Waals surface area (Å²) in [4.78, 5) is 0. The largest absolute Gasteiger partial charge is 0.353 e. The van der Waals surface area contributed by atoms with E-state index < -0.39 is 0 Å². The molecule has 0 aliphatic carbocycles. The highest BCUT2D eigenvalue weighted by Gasteiger charge is 1.87. The van der Waals surface area contributed by atoms with Gasteiger partial charge in [0.25, 0.3) is 0 Å². The van der Waals surface area contributed by atoms with E-state index in [1.807, 2.05) is 24.3 Å². The van der Waals surface area contributed by atoms with E-state index in [4.69, 9.17) is 5.26 Å². The molecule has 0 saturated heterocycles. The SMILES string of the molecule is C.N#CC1=CC=CC=CN1. The summed E-state index contributed by atoms with van der Waals surface area (Å²) >= 11 is 0. The summed E-state index contributed by atoms with van der Waals surface area (Å²) in [5.74, 6) is 0. The molecule has 1 aliphatic heterocycles. The first-order valence-corrected chi connectivity index (χ1v) is 2.63.